The van der Waals surface area contributed by atoms with Crippen molar-refractivity contribution in [3.8, 4) is 5.75 Å². The van der Waals surface area contributed by atoms with Gasteiger partial charge in [-0.3, -0.25) is 10.1 Å². The molecule has 13 nitrogen and oxygen atoms in total. The van der Waals surface area contributed by atoms with E-state index in [1.54, 1.807) is 48.6 Å². The van der Waals surface area contributed by atoms with Crippen LogP contribution in [0.5, 0.6) is 5.75 Å². The molecule has 0 radical (unpaired) electrons. The Labute approximate surface area is 331 Å². The Hall–Kier alpha value is -4.35. The third-order valence-electron chi connectivity index (χ3n) is 9.93. The van der Waals surface area contributed by atoms with E-state index in [4.69, 9.17) is 25.8 Å². The quantitative estimate of drug-likeness (QED) is 0.119. The van der Waals surface area contributed by atoms with E-state index >= 15 is 0 Å². The number of allylic oxidation sites excluding steroid dienone is 4. The number of benzene rings is 1. The van der Waals surface area contributed by atoms with Crippen molar-refractivity contribution in [3.05, 3.63) is 103 Å². The normalized spacial score (nSPS) is 20.2. The molecule has 3 aromatic rings. The first-order chi connectivity index (χ1) is 26.5. The molecule has 1 aromatic carbocycles. The molecule has 3 aliphatic rings. The van der Waals surface area contributed by atoms with Crippen molar-refractivity contribution in [2.24, 2.45) is 10.9 Å². The molecule has 0 saturated heterocycles. The Morgan fingerprint density at radius 1 is 1.11 bits per heavy atom. The molecule has 2 aliphatic carbocycles. The summed E-state index contributed by atoms with van der Waals surface area (Å²) in [5, 5.41) is 42.3. The van der Waals surface area contributed by atoms with E-state index in [9.17, 15) is 29.7 Å². The van der Waals surface area contributed by atoms with Crippen molar-refractivity contribution in [1.82, 2.24) is 10.2 Å². The van der Waals surface area contributed by atoms with Gasteiger partial charge in [0.15, 0.2) is 0 Å². The number of fused-ring (bicyclic) bond motifs is 1. The van der Waals surface area contributed by atoms with Crippen molar-refractivity contribution in [2.45, 2.75) is 56.1 Å². The second-order valence-electron chi connectivity index (χ2n) is 13.4. The molecule has 292 valence electrons. The van der Waals surface area contributed by atoms with E-state index in [0.717, 1.165) is 12.8 Å². The van der Waals surface area contributed by atoms with Crippen molar-refractivity contribution in [1.29, 1.82) is 0 Å². The largest absolute Gasteiger partial charge is 0.506 e. The molecular weight excluding hydrogens is 768 g/mol. The van der Waals surface area contributed by atoms with Gasteiger partial charge < -0.3 is 39.7 Å². The number of anilines is 1. The number of ether oxygens (including phenoxy) is 3. The molecular formula is C39H43ClN4O9S2. The van der Waals surface area contributed by atoms with Crippen molar-refractivity contribution in [3.63, 3.8) is 0 Å². The molecule has 1 unspecified atom stereocenters. The minimum atomic E-state index is -1.83. The van der Waals surface area contributed by atoms with E-state index in [-0.39, 0.29) is 48.3 Å². The van der Waals surface area contributed by atoms with Crippen LogP contribution in [0.25, 0.3) is 0 Å². The lowest BCUT2D eigenvalue weighted by molar-refractivity contribution is -0.169. The molecule has 16 heteroatoms. The number of hydrogen-bond acceptors (Lipinski definition) is 13. The van der Waals surface area contributed by atoms with Gasteiger partial charge in [-0.1, -0.05) is 35.9 Å². The number of aliphatic hydroxyl groups is 3. The highest BCUT2D eigenvalue weighted by molar-refractivity contribution is 7.12. The Kier molecular flexibility index (Phi) is 13.2. The highest BCUT2D eigenvalue weighted by Crippen LogP contribution is 2.38. The average Bonchev–Trinajstić information content (AvgIpc) is 3.93. The summed E-state index contributed by atoms with van der Waals surface area (Å²) in [5.74, 6) is -1.28. The predicted octanol–water partition coefficient (Wildman–Crippen LogP) is 5.73. The molecule has 2 atom stereocenters. The summed E-state index contributed by atoms with van der Waals surface area (Å²) >= 11 is 9.16. The third kappa shape index (κ3) is 9.38. The molecule has 6 rings (SSSR count). The monoisotopic (exact) mass is 810 g/mol. The van der Waals surface area contributed by atoms with Gasteiger partial charge in [-0.15, -0.1) is 22.7 Å². The van der Waals surface area contributed by atoms with E-state index in [1.165, 1.54) is 41.9 Å². The van der Waals surface area contributed by atoms with Gasteiger partial charge in [0.05, 0.1) is 39.4 Å². The maximum absolute atomic E-state index is 13.3. The van der Waals surface area contributed by atoms with Crippen LogP contribution in [-0.2, 0) is 31.2 Å². The Balaban J connectivity index is 0.928. The lowest BCUT2D eigenvalue weighted by Crippen LogP contribution is -2.42. The topological polar surface area (TPSA) is 179 Å². The smallest absolute Gasteiger partial charge is 0.411 e. The van der Waals surface area contributed by atoms with Crippen LogP contribution in [0.4, 0.5) is 10.5 Å². The van der Waals surface area contributed by atoms with Gasteiger partial charge >= 0.3 is 12.1 Å². The van der Waals surface area contributed by atoms with Gasteiger partial charge in [-0.05, 0) is 73.3 Å². The van der Waals surface area contributed by atoms with Crippen LogP contribution in [0.15, 0.2) is 87.8 Å². The number of aliphatic imine (C=N–C) groups is 1. The zero-order chi connectivity index (χ0) is 39.1. The van der Waals surface area contributed by atoms with Crippen molar-refractivity contribution in [2.75, 3.05) is 39.2 Å². The fraction of sp³-hybridized carbons (Fsp3) is 0.385. The second kappa shape index (κ2) is 18.1. The summed E-state index contributed by atoms with van der Waals surface area (Å²) in [6.45, 7) is 1.06. The second-order valence-corrected chi connectivity index (χ2v) is 15.7. The van der Waals surface area contributed by atoms with E-state index in [1.807, 2.05) is 17.8 Å². The molecule has 1 saturated carbocycles. The molecule has 3 heterocycles. The Morgan fingerprint density at radius 3 is 2.47 bits per heavy atom. The van der Waals surface area contributed by atoms with Crippen molar-refractivity contribution < 1.29 is 43.9 Å². The van der Waals surface area contributed by atoms with Crippen LogP contribution in [0, 0.1) is 5.92 Å². The molecule has 2 aromatic heterocycles. The maximum atomic E-state index is 13.3. The molecule has 1 aliphatic heterocycles. The lowest BCUT2D eigenvalue weighted by atomic mass is 9.84. The maximum Gasteiger partial charge on any atom is 0.411 e. The van der Waals surface area contributed by atoms with Crippen LogP contribution in [-0.4, -0.2) is 96.0 Å². The number of rotatable bonds is 15. The third-order valence-corrected chi connectivity index (χ3v) is 12.2. The number of carbonyl (C=O) groups is 3. The highest BCUT2D eigenvalue weighted by Gasteiger charge is 2.45. The zero-order valence-corrected chi connectivity index (χ0v) is 32.7. The molecule has 5 N–H and O–H groups in total. The van der Waals surface area contributed by atoms with Crippen LogP contribution < -0.4 is 15.4 Å². The number of methoxy groups -OCH3 is 1. The van der Waals surface area contributed by atoms with E-state index in [0.29, 0.717) is 51.7 Å². The van der Waals surface area contributed by atoms with Crippen LogP contribution in [0.1, 0.15) is 41.0 Å². The standard InChI is InChI=1S/C39H43ClN4O9S2/c1-44(24-7-9-25(10-8-24)53-37(48)39(50,33-5-3-17-54-33)34-6-4-18-55-34)15-16-52-38(49)42-29-20-32(51-2)23(19-28(29)40)21-41-22-31(46)26-11-13-30(45)36-27(26)12-14-35(47)43-36/h3-6,11-14,17-20,24-25,27,31,41,45-46,50H,7-10,15-16,21-22H2,1-2H3,(H,42,49)/t24?,25?,27?,31-/m0/s1. The summed E-state index contributed by atoms with van der Waals surface area (Å²) in [5.41, 5.74) is -0.0388. The van der Waals surface area contributed by atoms with Gasteiger partial charge in [0.1, 0.15) is 24.2 Å². The van der Waals surface area contributed by atoms with Gasteiger partial charge in [0.25, 0.3) is 5.91 Å². The summed E-state index contributed by atoms with van der Waals surface area (Å²) < 4.78 is 16.9. The first-order valence-corrected chi connectivity index (χ1v) is 19.9. The average molecular weight is 811 g/mol. The molecule has 55 heavy (non-hydrogen) atoms. The number of hydrogen-bond donors (Lipinski definition) is 5. The van der Waals surface area contributed by atoms with Crippen LogP contribution in [0.3, 0.4) is 0 Å². The first-order valence-electron chi connectivity index (χ1n) is 17.8. The molecule has 2 amide bonds. The van der Waals surface area contributed by atoms with Gasteiger partial charge in [-0.2, -0.15) is 0 Å². The van der Waals surface area contributed by atoms with Gasteiger partial charge in [-0.25, -0.2) is 14.6 Å². The number of carbonyl (C=O) groups excluding carboxylic acids is 3. The Morgan fingerprint density at radius 2 is 1.82 bits per heavy atom. The fourth-order valence-electron chi connectivity index (χ4n) is 6.89. The minimum Gasteiger partial charge on any atom is -0.506 e. The number of esters is 1. The Bertz CT molecular complexity index is 1940. The molecule has 1 fully saturated rings. The SMILES string of the molecule is COc1cc(NC(=O)OCCN(C)C2CCC(OC(=O)C(O)(c3cccs3)c3cccs3)CC2)c(Cl)cc1CNC[C@H](O)C1=CC=C(O)C2=NC(=O)C=CC12. The first kappa shape index (κ1) is 40.3. The number of nitrogens with zero attached hydrogens (tertiary/aromatic N) is 2. The van der Waals surface area contributed by atoms with Crippen LogP contribution in [0.2, 0.25) is 5.02 Å². The fourth-order valence-corrected chi connectivity index (χ4v) is 8.83. The van der Waals surface area contributed by atoms with E-state index in [2.05, 4.69) is 20.5 Å². The predicted molar refractivity (Wildman–Crippen MR) is 211 cm³/mol. The van der Waals surface area contributed by atoms with Gasteiger partial charge in [0.2, 0.25) is 5.60 Å². The zero-order valence-electron chi connectivity index (χ0n) is 30.3. The summed E-state index contributed by atoms with van der Waals surface area (Å²) in [4.78, 5) is 44.8. The van der Waals surface area contributed by atoms with E-state index < -0.39 is 35.6 Å². The highest BCUT2D eigenvalue weighted by atomic mass is 35.5. The number of nitrogens with one attached hydrogen (secondary N) is 2. The summed E-state index contributed by atoms with van der Waals surface area (Å²) in [6, 6.07) is 10.5. The molecule has 0 spiro atoms. The summed E-state index contributed by atoms with van der Waals surface area (Å²) in [7, 11) is 3.46. The number of dihydropyridines is 1. The molecule has 0 bridgehead atoms. The minimum absolute atomic E-state index is 0.108. The van der Waals surface area contributed by atoms with Crippen molar-refractivity contribution >= 4 is 63.6 Å². The van der Waals surface area contributed by atoms with Gasteiger partial charge in [0, 0.05) is 49.3 Å². The van der Waals surface area contributed by atoms with Crippen LogP contribution >= 0.6 is 34.3 Å². The number of aliphatic hydroxyl groups excluding tert-OH is 2. The number of thiophene rings is 2. The number of amides is 2. The number of likely N-dealkylation sites (N-methyl/N-ethyl adjacent to an activating group) is 1. The lowest BCUT2D eigenvalue weighted by Gasteiger charge is -2.35. The summed E-state index contributed by atoms with van der Waals surface area (Å²) in [6.07, 6.45) is 6.90. The number of halogens is 1.